The number of rotatable bonds is 1. The van der Waals surface area contributed by atoms with Crippen LogP contribution in [-0.2, 0) is 9.53 Å². The van der Waals surface area contributed by atoms with Crippen molar-refractivity contribution in [2.75, 3.05) is 0 Å². The maximum Gasteiger partial charge on any atom is 0.306 e. The molecular weight excluding hydrogens is 196 g/mol. The van der Waals surface area contributed by atoms with Gasteiger partial charge in [0.25, 0.3) is 0 Å². The predicted octanol–water partition coefficient (Wildman–Crippen LogP) is 1.72. The van der Waals surface area contributed by atoms with Crippen molar-refractivity contribution in [3.8, 4) is 11.5 Å². The second-order valence-corrected chi connectivity index (χ2v) is 3.81. The highest BCUT2D eigenvalue weighted by molar-refractivity contribution is 5.72. The largest absolute Gasteiger partial charge is 0.504 e. The third-order valence-electron chi connectivity index (χ3n) is 2.62. The summed E-state index contributed by atoms with van der Waals surface area (Å²) in [5.74, 6) is -0.646. The first-order chi connectivity index (χ1) is 7.09. The number of cyclic esters (lactones) is 1. The maximum atomic E-state index is 11.1. The third kappa shape index (κ3) is 1.63. The van der Waals surface area contributed by atoms with Gasteiger partial charge in [-0.2, -0.15) is 0 Å². The van der Waals surface area contributed by atoms with Crippen molar-refractivity contribution < 1.29 is 19.7 Å². The Bertz CT molecular complexity index is 400. The monoisotopic (exact) mass is 208 g/mol. The summed E-state index contributed by atoms with van der Waals surface area (Å²) in [6.45, 7) is 1.87. The lowest BCUT2D eigenvalue weighted by molar-refractivity contribution is -0.141. The summed E-state index contributed by atoms with van der Waals surface area (Å²) in [6, 6.07) is 4.65. The van der Waals surface area contributed by atoms with E-state index in [1.54, 1.807) is 12.1 Å². The number of carbonyl (C=O) groups is 1. The Kier molecular flexibility index (Phi) is 2.26. The van der Waals surface area contributed by atoms with Gasteiger partial charge >= 0.3 is 5.97 Å². The highest BCUT2D eigenvalue weighted by Gasteiger charge is 2.34. The van der Waals surface area contributed by atoms with Crippen LogP contribution in [0.5, 0.6) is 11.5 Å². The highest BCUT2D eigenvalue weighted by atomic mass is 16.6. The number of hydrogen-bond acceptors (Lipinski definition) is 4. The average molecular weight is 208 g/mol. The minimum atomic E-state index is -0.454. The van der Waals surface area contributed by atoms with Crippen molar-refractivity contribution in [2.24, 2.45) is 5.92 Å². The van der Waals surface area contributed by atoms with Gasteiger partial charge in [0, 0.05) is 11.5 Å². The molecule has 1 aromatic rings. The molecule has 0 aromatic heterocycles. The summed E-state index contributed by atoms with van der Waals surface area (Å²) in [7, 11) is 0. The molecule has 80 valence electrons. The Morgan fingerprint density at radius 2 is 2.13 bits per heavy atom. The standard InChI is InChI=1S/C11H12O4/c1-6-5-9(13)15-11(6)7-3-2-4-8(12)10(7)14/h2-4,6,11-12,14H,5H2,1H3/t6-,11+/m1/s1. The smallest absolute Gasteiger partial charge is 0.306 e. The number of hydrogen-bond donors (Lipinski definition) is 2. The fourth-order valence-corrected chi connectivity index (χ4v) is 1.82. The summed E-state index contributed by atoms with van der Waals surface area (Å²) in [6.07, 6.45) is -0.107. The van der Waals surface area contributed by atoms with E-state index in [0.717, 1.165) is 0 Å². The molecular formula is C11H12O4. The van der Waals surface area contributed by atoms with Crippen molar-refractivity contribution in [3.63, 3.8) is 0 Å². The molecule has 0 aliphatic carbocycles. The molecule has 1 saturated heterocycles. The van der Waals surface area contributed by atoms with Crippen LogP contribution in [0.3, 0.4) is 0 Å². The quantitative estimate of drug-likeness (QED) is 0.544. The van der Waals surface area contributed by atoms with Crippen LogP contribution in [0, 0.1) is 5.92 Å². The van der Waals surface area contributed by atoms with Crippen molar-refractivity contribution in [1.82, 2.24) is 0 Å². The van der Waals surface area contributed by atoms with Crippen LogP contribution < -0.4 is 0 Å². The van der Waals surface area contributed by atoms with Gasteiger partial charge in [0.05, 0.1) is 6.42 Å². The van der Waals surface area contributed by atoms with Crippen molar-refractivity contribution in [2.45, 2.75) is 19.4 Å². The van der Waals surface area contributed by atoms with Crippen LogP contribution in [0.15, 0.2) is 18.2 Å². The number of para-hydroxylation sites is 1. The third-order valence-corrected chi connectivity index (χ3v) is 2.62. The van der Waals surface area contributed by atoms with E-state index in [-0.39, 0.29) is 23.4 Å². The minimum absolute atomic E-state index is 0.0187. The van der Waals surface area contributed by atoms with Crippen molar-refractivity contribution >= 4 is 5.97 Å². The molecule has 1 aliphatic heterocycles. The first-order valence-corrected chi connectivity index (χ1v) is 4.80. The first-order valence-electron chi connectivity index (χ1n) is 4.80. The Morgan fingerprint density at radius 1 is 1.40 bits per heavy atom. The minimum Gasteiger partial charge on any atom is -0.504 e. The van der Waals surface area contributed by atoms with E-state index in [2.05, 4.69) is 0 Å². The number of aromatic hydroxyl groups is 2. The molecule has 1 fully saturated rings. The lowest BCUT2D eigenvalue weighted by atomic mass is 9.96. The van der Waals surface area contributed by atoms with E-state index in [4.69, 9.17) is 4.74 Å². The fourth-order valence-electron chi connectivity index (χ4n) is 1.82. The molecule has 2 rings (SSSR count). The number of esters is 1. The number of carbonyl (C=O) groups excluding carboxylic acids is 1. The average Bonchev–Trinajstić information content (AvgIpc) is 2.50. The molecule has 2 N–H and O–H groups in total. The highest BCUT2D eigenvalue weighted by Crippen LogP contribution is 2.41. The number of phenolic OH excluding ortho intramolecular Hbond substituents is 2. The molecule has 15 heavy (non-hydrogen) atoms. The molecule has 4 heteroatoms. The summed E-state index contributed by atoms with van der Waals surface area (Å²) in [5.41, 5.74) is 0.466. The van der Waals surface area contributed by atoms with E-state index in [1.165, 1.54) is 6.07 Å². The Labute approximate surface area is 87.1 Å². The Morgan fingerprint density at radius 3 is 2.73 bits per heavy atom. The van der Waals surface area contributed by atoms with Gasteiger partial charge in [0.2, 0.25) is 0 Å². The zero-order chi connectivity index (χ0) is 11.0. The molecule has 1 aliphatic rings. The van der Waals surface area contributed by atoms with Gasteiger partial charge in [-0.05, 0) is 6.07 Å². The molecule has 0 saturated carbocycles. The second kappa shape index (κ2) is 3.46. The van der Waals surface area contributed by atoms with Gasteiger partial charge in [-0.15, -0.1) is 0 Å². The van der Waals surface area contributed by atoms with Gasteiger partial charge in [0.1, 0.15) is 6.10 Å². The normalized spacial score (nSPS) is 25.3. The molecule has 0 spiro atoms. The topological polar surface area (TPSA) is 66.8 Å². The van der Waals surface area contributed by atoms with Crippen LogP contribution in [0.25, 0.3) is 0 Å². The molecule has 0 radical (unpaired) electrons. The predicted molar refractivity (Wildman–Crippen MR) is 52.4 cm³/mol. The molecule has 0 unspecified atom stereocenters. The molecule has 2 atom stereocenters. The van der Waals surface area contributed by atoms with E-state index >= 15 is 0 Å². The summed E-state index contributed by atoms with van der Waals surface area (Å²) in [5, 5.41) is 18.9. The van der Waals surface area contributed by atoms with Gasteiger partial charge in [-0.3, -0.25) is 4.79 Å². The van der Waals surface area contributed by atoms with Crippen LogP contribution >= 0.6 is 0 Å². The Hall–Kier alpha value is -1.71. The van der Waals surface area contributed by atoms with Gasteiger partial charge in [-0.25, -0.2) is 0 Å². The van der Waals surface area contributed by atoms with Crippen LogP contribution in [0.1, 0.15) is 25.0 Å². The summed E-state index contributed by atoms with van der Waals surface area (Å²) >= 11 is 0. The maximum absolute atomic E-state index is 11.1. The lowest BCUT2D eigenvalue weighted by Crippen LogP contribution is -2.04. The van der Waals surface area contributed by atoms with Gasteiger partial charge < -0.3 is 14.9 Å². The van der Waals surface area contributed by atoms with E-state index in [1.807, 2.05) is 6.92 Å². The zero-order valence-corrected chi connectivity index (χ0v) is 8.30. The van der Waals surface area contributed by atoms with Crippen LogP contribution in [0.2, 0.25) is 0 Å². The second-order valence-electron chi connectivity index (χ2n) is 3.81. The zero-order valence-electron chi connectivity index (χ0n) is 8.30. The summed E-state index contributed by atoms with van der Waals surface area (Å²) in [4.78, 5) is 11.1. The van der Waals surface area contributed by atoms with Crippen molar-refractivity contribution in [3.05, 3.63) is 23.8 Å². The van der Waals surface area contributed by atoms with Gasteiger partial charge in [-0.1, -0.05) is 19.1 Å². The van der Waals surface area contributed by atoms with E-state index < -0.39 is 6.10 Å². The molecule has 0 amide bonds. The number of benzene rings is 1. The number of ether oxygens (including phenoxy) is 1. The SMILES string of the molecule is C[C@@H]1CC(=O)O[C@@H]1c1cccc(O)c1O. The van der Waals surface area contributed by atoms with Crippen LogP contribution in [0.4, 0.5) is 0 Å². The fraction of sp³-hybridized carbons (Fsp3) is 0.364. The summed E-state index contributed by atoms with van der Waals surface area (Å²) < 4.78 is 5.09. The van der Waals surface area contributed by atoms with E-state index in [9.17, 15) is 15.0 Å². The molecule has 1 aromatic carbocycles. The van der Waals surface area contributed by atoms with E-state index in [0.29, 0.717) is 12.0 Å². The molecule has 4 nitrogen and oxygen atoms in total. The Balaban J connectivity index is 2.37. The van der Waals surface area contributed by atoms with Crippen LogP contribution in [-0.4, -0.2) is 16.2 Å². The lowest BCUT2D eigenvalue weighted by Gasteiger charge is -2.15. The van der Waals surface area contributed by atoms with Crippen molar-refractivity contribution in [1.29, 1.82) is 0 Å². The molecule has 0 bridgehead atoms. The van der Waals surface area contributed by atoms with Gasteiger partial charge in [0.15, 0.2) is 11.5 Å². The molecule has 1 heterocycles. The first kappa shape index (κ1) is 9.83. The number of phenols is 2.